The maximum Gasteiger partial charge on any atom is 0.408 e. The van der Waals surface area contributed by atoms with Crippen molar-refractivity contribution < 1.29 is 127 Å². The first kappa shape index (κ1) is 88.6. The van der Waals surface area contributed by atoms with E-state index in [4.69, 9.17) is 62.1 Å². The minimum Gasteiger partial charge on any atom is -0.508 e. The van der Waals surface area contributed by atoms with Crippen LogP contribution in [0.15, 0.2) is 164 Å². The number of carboxylic acids is 1. The van der Waals surface area contributed by atoms with Crippen molar-refractivity contribution in [3.8, 4) is 68.2 Å². The highest BCUT2D eigenvalue weighted by Crippen LogP contribution is 2.50. The molecule has 0 aliphatic carbocycles. The molecule has 8 aromatic rings. The molecule has 2 fully saturated rings. The number of benzene rings is 8. The molecule has 15 rings (SSSR count). The molecule has 35 nitrogen and oxygen atoms in total. The number of carbonyl (C=O) groups excluding carboxylic acids is 8. The van der Waals surface area contributed by atoms with Gasteiger partial charge in [0.1, 0.15) is 102 Å². The third-order valence-electron chi connectivity index (χ3n) is 21.6. The number of aliphatic hydroxyl groups excluding tert-OH is 6. The third-order valence-corrected chi connectivity index (χ3v) is 22.2. The number of ether oxygens (including phenoxy) is 7. The number of carbonyl (C=O) groups is 9. The highest BCUT2D eigenvalue weighted by molar-refractivity contribution is 6.32. The van der Waals surface area contributed by atoms with E-state index in [0.29, 0.717) is 5.56 Å². The lowest BCUT2D eigenvalue weighted by atomic mass is 9.84. The summed E-state index contributed by atoms with van der Waals surface area (Å²) in [6.07, 6.45) is -20.4. The van der Waals surface area contributed by atoms with Crippen molar-refractivity contribution in [2.75, 3.05) is 6.61 Å². The number of rotatable bonds is 19. The van der Waals surface area contributed by atoms with Gasteiger partial charge in [-0.2, -0.15) is 0 Å². The number of aliphatic carboxylic acids is 1. The Morgan fingerprint density at radius 2 is 1.24 bits per heavy atom. The van der Waals surface area contributed by atoms with Crippen LogP contribution >= 0.6 is 23.2 Å². The molecule has 7 aliphatic rings. The van der Waals surface area contributed by atoms with Crippen LogP contribution in [-0.2, 0) is 70.5 Å². The quantitative estimate of drug-likeness (QED) is 0.0487. The number of carboxylic acid groups (broad SMARTS) is 1. The number of alkyl carbamates (subject to hydrolysis) is 1. The van der Waals surface area contributed by atoms with Crippen LogP contribution in [-0.4, -0.2) is 190 Å². The highest BCUT2D eigenvalue weighted by Gasteiger charge is 2.52. The number of nitrogens with one attached hydrogen (secondary N) is 8. The van der Waals surface area contributed by atoms with E-state index in [1.165, 1.54) is 6.07 Å². The summed E-state index contributed by atoms with van der Waals surface area (Å²) in [6.45, 7) is 5.68. The highest BCUT2D eigenvalue weighted by atomic mass is 35.5. The summed E-state index contributed by atoms with van der Waals surface area (Å²) in [5.74, 6) is -17.1. The largest absolute Gasteiger partial charge is 0.508 e. The zero-order valence-electron chi connectivity index (χ0n) is 66.1. The van der Waals surface area contributed by atoms with E-state index in [9.17, 15) is 70.2 Å². The molecule has 0 aromatic heterocycles. The second-order valence-electron chi connectivity index (χ2n) is 31.0. The molecule has 2 saturated heterocycles. The van der Waals surface area contributed by atoms with E-state index >= 15 is 24.0 Å². The van der Waals surface area contributed by atoms with Crippen LogP contribution in [0.4, 0.5) is 4.79 Å². The van der Waals surface area contributed by atoms with Crippen LogP contribution in [0, 0.1) is 5.92 Å². The molecule has 0 saturated carbocycles. The molecule has 2 unspecified atom stereocenters. The van der Waals surface area contributed by atoms with Gasteiger partial charge in [-0.3, -0.25) is 33.6 Å². The number of halogens is 2. The van der Waals surface area contributed by atoms with Gasteiger partial charge in [0, 0.05) is 41.3 Å². The van der Waals surface area contributed by atoms with Crippen molar-refractivity contribution in [1.82, 2.24) is 42.5 Å². The summed E-state index contributed by atoms with van der Waals surface area (Å²) in [4.78, 5) is 133. The van der Waals surface area contributed by atoms with E-state index in [-0.39, 0.29) is 48.6 Å². The van der Waals surface area contributed by atoms with Crippen molar-refractivity contribution in [3.63, 3.8) is 0 Å². The minimum atomic E-state index is -2.42. The molecule has 7 aliphatic heterocycles. The van der Waals surface area contributed by atoms with E-state index in [1.807, 2.05) is 54.6 Å². The van der Waals surface area contributed by atoms with Crippen LogP contribution in [0.1, 0.15) is 116 Å². The third kappa shape index (κ3) is 20.0. The average molecular weight is 1740 g/mol. The monoisotopic (exact) mass is 1730 g/mol. The first-order valence-electron chi connectivity index (χ1n) is 39.0. The van der Waals surface area contributed by atoms with Gasteiger partial charge in [0.05, 0.1) is 35.3 Å². The van der Waals surface area contributed by atoms with E-state index in [2.05, 4.69) is 42.5 Å². The fourth-order valence-corrected chi connectivity index (χ4v) is 15.6. The molecule has 0 spiro atoms. The molecule has 37 heteroatoms. The Labute approximate surface area is 711 Å². The second kappa shape index (κ2) is 37.6. The summed E-state index contributed by atoms with van der Waals surface area (Å²) in [7, 11) is 0. The van der Waals surface area contributed by atoms with Gasteiger partial charge in [-0.05, 0) is 125 Å². The number of amides is 8. The lowest BCUT2D eigenvalue weighted by Gasteiger charge is -2.48. The normalized spacial score (nSPS) is 26.1. The lowest BCUT2D eigenvalue weighted by molar-refractivity contribution is -0.334. The average Bonchev–Trinajstić information content (AvgIpc) is 0.736. The molecule has 0 radical (unpaired) electrons. The second-order valence-corrected chi connectivity index (χ2v) is 31.8. The van der Waals surface area contributed by atoms with E-state index < -0.39 is 254 Å². The number of phenols is 3. The summed E-state index contributed by atoms with van der Waals surface area (Å²) >= 11 is 14.4. The smallest absolute Gasteiger partial charge is 0.408 e. The number of aromatic hydroxyl groups is 3. The maximum absolute atomic E-state index is 16.3. The number of aliphatic hydroxyl groups is 6. The molecule has 8 aromatic carbocycles. The van der Waals surface area contributed by atoms with Gasteiger partial charge in [0.15, 0.2) is 29.9 Å². The van der Waals surface area contributed by atoms with Gasteiger partial charge in [-0.25, -0.2) is 9.59 Å². The molecule has 8 amide bonds. The molecule has 648 valence electrons. The number of fused-ring (bicyclic) bond motifs is 15. The fraction of sp³-hybridized carbons (Fsp3) is 0.337. The molecule has 20 N–H and O–H groups in total. The van der Waals surface area contributed by atoms with Crippen molar-refractivity contribution in [1.29, 1.82) is 0 Å². The van der Waals surface area contributed by atoms with Crippen LogP contribution < -0.4 is 62.5 Å². The zero-order chi connectivity index (χ0) is 88.2. The number of hydrogen-bond donors (Lipinski definition) is 19. The molecular weight excluding hydrogens is 1650 g/mol. The molecule has 18 atom stereocenters. The predicted octanol–water partition coefficient (Wildman–Crippen LogP) is 5.31. The van der Waals surface area contributed by atoms with E-state index in [1.54, 1.807) is 58.0 Å². The fourth-order valence-electron chi connectivity index (χ4n) is 15.2. The summed E-state index contributed by atoms with van der Waals surface area (Å²) < 4.78 is 45.0. The van der Waals surface area contributed by atoms with Gasteiger partial charge in [0.25, 0.3) is 0 Å². The van der Waals surface area contributed by atoms with Crippen molar-refractivity contribution in [3.05, 3.63) is 213 Å². The van der Waals surface area contributed by atoms with Gasteiger partial charge in [-0.15, -0.1) is 0 Å². The zero-order valence-corrected chi connectivity index (χ0v) is 67.6. The standard InChI is InChI=1S/C86H89Cl2N9O26/c1-38(2)25-53(92-85(116)117-37-41-11-7-5-8-12-41)77(108)96-68-70(103)45-20-23-57(51(87)27-45)119-59-29-47-30-60(74(59)123-84-75(73(106)72(105)61(36-98)121-84)122-63-34-86(4,76(107)39(3)118-63)90-35-40-15-17-43(18-16-40)42-13-9-6-10-14-42)120-58-24-21-46(28-52(58)88)71(104)69-82(113)95-67(83(114)115)50-31-48(99)32-56(101)64(50)49-26-44(19-22-55(49)100)65(79(110)97-69)94-80(111)66(47)93-78(109)54(33-62(89)102)91-81(68)112/h5-24,26-32,38-39,53-54,61,63,65-73,75-76,84,90,98-101,103-107H,25,33-37H2,1-4H3,(H2,89,102)(H,91,112)(H,92,116)(H,93,109)(H,94,111)(H,95,113)(H,96,108)(H,97,110)(H,114,115)/t39-,53-,54-,61+,63-,65+,66+,67-,68+,69-,70+,71+,72+,73-,75?,76+,84?,86-/m0/s1. The number of phenolic OH excluding ortho intramolecular Hbond substituents is 3. The van der Waals surface area contributed by atoms with Crippen LogP contribution in [0.2, 0.25) is 10.0 Å². The Morgan fingerprint density at radius 3 is 1.87 bits per heavy atom. The van der Waals surface area contributed by atoms with Gasteiger partial charge in [0.2, 0.25) is 53.4 Å². The van der Waals surface area contributed by atoms with Crippen LogP contribution in [0.3, 0.4) is 0 Å². The number of primary amides is 1. The molecule has 11 bridgehead atoms. The summed E-state index contributed by atoms with van der Waals surface area (Å²) in [5, 5.41) is 137. The van der Waals surface area contributed by atoms with Crippen molar-refractivity contribution in [2.24, 2.45) is 11.7 Å². The van der Waals surface area contributed by atoms with Gasteiger partial charge >= 0.3 is 12.1 Å². The molecule has 123 heavy (non-hydrogen) atoms. The van der Waals surface area contributed by atoms with Crippen LogP contribution in [0.25, 0.3) is 22.3 Å². The summed E-state index contributed by atoms with van der Waals surface area (Å²) in [6, 6.07) is 24.1. The first-order chi connectivity index (χ1) is 58.6. The molecular formula is C86H89Cl2N9O26. The van der Waals surface area contributed by atoms with Gasteiger partial charge in [-0.1, -0.05) is 140 Å². The Kier molecular flexibility index (Phi) is 27.1. The van der Waals surface area contributed by atoms with Crippen molar-refractivity contribution in [2.45, 2.75) is 169 Å². The first-order valence-corrected chi connectivity index (χ1v) is 39.7. The lowest BCUT2D eigenvalue weighted by Crippen LogP contribution is -2.65. The van der Waals surface area contributed by atoms with Gasteiger partial charge < -0.3 is 132 Å². The topological polar surface area (TPSA) is 543 Å². The Morgan fingerprint density at radius 1 is 0.634 bits per heavy atom. The van der Waals surface area contributed by atoms with E-state index in [0.717, 1.165) is 89.5 Å². The molecule has 7 heterocycles. The Bertz CT molecular complexity index is 5330. The van der Waals surface area contributed by atoms with Crippen molar-refractivity contribution >= 4 is 76.6 Å². The SMILES string of the molecule is CC(C)C[C@H](NC(=O)OCc1ccccc1)C(=O)N[C@H]1C(=O)N[C@@H](CC(N)=O)C(=O)N[C@H]2C(=O)N[C@H]3C(=O)N[C@H](C(=O)N[C@H](C(=O)O)c4cc(O)cc(O)c4-c4cc3ccc4O)[C@H](O)c3ccc(c(Cl)c3)Oc3cc2cc(c3OC2O[C@H](CO)[C@@H](O)[C@H](O)C2O[C@H]2C[C@](C)(NCc3ccc(-c4ccccc4)cc3)[C@H](O)[C@H](C)O2)Oc2ccc(cc2Cl)[C@H]1O. The number of hydrogen-bond acceptors (Lipinski definition) is 26. The van der Waals surface area contributed by atoms with Crippen LogP contribution in [0.5, 0.6) is 46.0 Å². The summed E-state index contributed by atoms with van der Waals surface area (Å²) in [5.41, 5.74) is 4.86. The predicted molar refractivity (Wildman–Crippen MR) is 435 cm³/mol. The Balaban J connectivity index is 0.971. The number of nitrogens with two attached hydrogens (primary N) is 1. The maximum atomic E-state index is 16.3. The Hall–Kier alpha value is -12.2. The minimum absolute atomic E-state index is 0.110.